The standard InChI is InChI=1S/C18H17ClO2/c1-21-18(20)15-8-6-12-5-7-14(9-16(12)10-15)13-3-2-4-17(19)11-13/h2-5,7,9,11,15H,6,8,10H2,1H3. The largest absolute Gasteiger partial charge is 0.469 e. The predicted octanol–water partition coefficient (Wildman–Crippen LogP) is 4.28. The Kier molecular flexibility index (Phi) is 3.98. The molecule has 1 atom stereocenters. The molecule has 1 aliphatic carbocycles. The van der Waals surface area contributed by atoms with E-state index < -0.39 is 0 Å². The Morgan fingerprint density at radius 2 is 1.95 bits per heavy atom. The van der Waals surface area contributed by atoms with Crippen LogP contribution in [-0.4, -0.2) is 13.1 Å². The summed E-state index contributed by atoms with van der Waals surface area (Å²) in [4.78, 5) is 11.7. The zero-order valence-corrected chi connectivity index (χ0v) is 12.7. The molecule has 0 saturated heterocycles. The minimum absolute atomic E-state index is 0.0166. The number of fused-ring (bicyclic) bond motifs is 1. The molecule has 0 N–H and O–H groups in total. The topological polar surface area (TPSA) is 26.3 Å². The van der Waals surface area contributed by atoms with Crippen LogP contribution in [0.3, 0.4) is 0 Å². The third-order valence-corrected chi connectivity index (χ3v) is 4.36. The quantitative estimate of drug-likeness (QED) is 0.774. The first kappa shape index (κ1) is 14.2. The summed E-state index contributed by atoms with van der Waals surface area (Å²) < 4.78 is 4.88. The highest BCUT2D eigenvalue weighted by Crippen LogP contribution is 2.31. The molecular formula is C18H17ClO2. The summed E-state index contributed by atoms with van der Waals surface area (Å²) in [6.45, 7) is 0. The number of aryl methyl sites for hydroxylation is 1. The van der Waals surface area contributed by atoms with Crippen LogP contribution in [0.5, 0.6) is 0 Å². The maximum absolute atomic E-state index is 11.7. The van der Waals surface area contributed by atoms with E-state index in [0.29, 0.717) is 0 Å². The van der Waals surface area contributed by atoms with Crippen molar-refractivity contribution in [2.45, 2.75) is 19.3 Å². The molecule has 1 aliphatic rings. The molecule has 0 bridgehead atoms. The maximum atomic E-state index is 11.7. The van der Waals surface area contributed by atoms with Gasteiger partial charge in [0.15, 0.2) is 0 Å². The second kappa shape index (κ2) is 5.90. The lowest BCUT2D eigenvalue weighted by Gasteiger charge is -2.23. The first-order valence-corrected chi connectivity index (χ1v) is 7.51. The fraction of sp³-hybridized carbons (Fsp3) is 0.278. The van der Waals surface area contributed by atoms with Gasteiger partial charge in [-0.05, 0) is 53.6 Å². The van der Waals surface area contributed by atoms with Crippen molar-refractivity contribution < 1.29 is 9.53 Å². The van der Waals surface area contributed by atoms with Gasteiger partial charge < -0.3 is 4.74 Å². The van der Waals surface area contributed by atoms with Gasteiger partial charge in [-0.15, -0.1) is 0 Å². The van der Waals surface area contributed by atoms with Gasteiger partial charge in [0.05, 0.1) is 13.0 Å². The van der Waals surface area contributed by atoms with Gasteiger partial charge in [-0.2, -0.15) is 0 Å². The molecule has 108 valence electrons. The Morgan fingerprint density at radius 3 is 2.71 bits per heavy atom. The van der Waals surface area contributed by atoms with E-state index in [1.165, 1.54) is 18.2 Å². The normalized spacial score (nSPS) is 17.1. The molecule has 0 spiro atoms. The number of benzene rings is 2. The van der Waals surface area contributed by atoms with Crippen molar-refractivity contribution in [3.63, 3.8) is 0 Å². The molecule has 3 heteroatoms. The summed E-state index contributed by atoms with van der Waals surface area (Å²) in [6.07, 6.45) is 2.57. The zero-order valence-electron chi connectivity index (χ0n) is 11.9. The summed E-state index contributed by atoms with van der Waals surface area (Å²) in [5.74, 6) is -0.120. The van der Waals surface area contributed by atoms with Gasteiger partial charge in [-0.1, -0.05) is 41.9 Å². The number of carbonyl (C=O) groups excluding carboxylic acids is 1. The Labute approximate surface area is 129 Å². The molecule has 2 aromatic carbocycles. The Balaban J connectivity index is 1.92. The van der Waals surface area contributed by atoms with Crippen LogP contribution < -0.4 is 0 Å². The molecule has 0 amide bonds. The van der Waals surface area contributed by atoms with Crippen molar-refractivity contribution in [1.29, 1.82) is 0 Å². The van der Waals surface area contributed by atoms with Crippen molar-refractivity contribution in [3.8, 4) is 11.1 Å². The van der Waals surface area contributed by atoms with Crippen molar-refractivity contribution in [3.05, 3.63) is 58.6 Å². The molecule has 3 rings (SSSR count). The summed E-state index contributed by atoms with van der Waals surface area (Å²) in [7, 11) is 1.46. The van der Waals surface area contributed by atoms with Crippen molar-refractivity contribution >= 4 is 17.6 Å². The molecule has 0 aromatic heterocycles. The highest BCUT2D eigenvalue weighted by molar-refractivity contribution is 6.30. The molecule has 2 aromatic rings. The van der Waals surface area contributed by atoms with E-state index in [1.54, 1.807) is 0 Å². The van der Waals surface area contributed by atoms with Gasteiger partial charge in [0.2, 0.25) is 0 Å². The van der Waals surface area contributed by atoms with Gasteiger partial charge >= 0.3 is 5.97 Å². The van der Waals surface area contributed by atoms with E-state index in [2.05, 4.69) is 18.2 Å². The van der Waals surface area contributed by atoms with Gasteiger partial charge in [0.25, 0.3) is 0 Å². The Bertz CT molecular complexity index is 679. The first-order chi connectivity index (χ1) is 10.2. The van der Waals surface area contributed by atoms with E-state index in [0.717, 1.165) is 35.4 Å². The summed E-state index contributed by atoms with van der Waals surface area (Å²) in [6, 6.07) is 14.3. The highest BCUT2D eigenvalue weighted by atomic mass is 35.5. The third-order valence-electron chi connectivity index (χ3n) is 4.13. The fourth-order valence-corrected chi connectivity index (χ4v) is 3.16. The van der Waals surface area contributed by atoms with Gasteiger partial charge in [-0.3, -0.25) is 4.79 Å². The van der Waals surface area contributed by atoms with Gasteiger partial charge in [0.1, 0.15) is 0 Å². The smallest absolute Gasteiger partial charge is 0.309 e. The number of carbonyl (C=O) groups is 1. The monoisotopic (exact) mass is 300 g/mol. The fourth-order valence-electron chi connectivity index (χ4n) is 2.97. The van der Waals surface area contributed by atoms with E-state index in [9.17, 15) is 4.79 Å². The number of hydrogen-bond acceptors (Lipinski definition) is 2. The number of rotatable bonds is 2. The van der Waals surface area contributed by atoms with Gasteiger partial charge in [-0.25, -0.2) is 0 Å². The predicted molar refractivity (Wildman–Crippen MR) is 84.4 cm³/mol. The van der Waals surface area contributed by atoms with E-state index in [4.69, 9.17) is 16.3 Å². The number of esters is 1. The van der Waals surface area contributed by atoms with Crippen LogP contribution in [0.4, 0.5) is 0 Å². The second-order valence-electron chi connectivity index (χ2n) is 5.46. The number of halogens is 1. The molecule has 21 heavy (non-hydrogen) atoms. The average molecular weight is 301 g/mol. The maximum Gasteiger partial charge on any atom is 0.309 e. The van der Waals surface area contributed by atoms with E-state index in [1.807, 2.05) is 24.3 Å². The minimum Gasteiger partial charge on any atom is -0.469 e. The minimum atomic E-state index is -0.103. The van der Waals surface area contributed by atoms with Crippen LogP contribution in [0.25, 0.3) is 11.1 Å². The molecule has 0 saturated carbocycles. The summed E-state index contributed by atoms with van der Waals surface area (Å²) in [5, 5.41) is 0.734. The van der Waals surface area contributed by atoms with E-state index >= 15 is 0 Å². The third kappa shape index (κ3) is 2.96. The molecule has 0 radical (unpaired) electrons. The molecule has 1 unspecified atom stereocenters. The van der Waals surface area contributed by atoms with Crippen LogP contribution in [0.15, 0.2) is 42.5 Å². The van der Waals surface area contributed by atoms with Crippen LogP contribution in [-0.2, 0) is 22.4 Å². The summed E-state index contributed by atoms with van der Waals surface area (Å²) >= 11 is 6.06. The molecule has 0 heterocycles. The SMILES string of the molecule is COC(=O)C1CCc2ccc(-c3cccc(Cl)c3)cc2C1. The Morgan fingerprint density at radius 1 is 1.14 bits per heavy atom. The lowest BCUT2D eigenvalue weighted by molar-refractivity contribution is -0.145. The van der Waals surface area contributed by atoms with Crippen molar-refractivity contribution in [2.24, 2.45) is 5.92 Å². The van der Waals surface area contributed by atoms with Crippen molar-refractivity contribution in [2.75, 3.05) is 7.11 Å². The van der Waals surface area contributed by atoms with Crippen molar-refractivity contribution in [1.82, 2.24) is 0 Å². The lowest BCUT2D eigenvalue weighted by atomic mass is 9.82. The van der Waals surface area contributed by atoms with Crippen LogP contribution in [0.2, 0.25) is 5.02 Å². The van der Waals surface area contributed by atoms with Crippen LogP contribution in [0.1, 0.15) is 17.5 Å². The highest BCUT2D eigenvalue weighted by Gasteiger charge is 2.25. The van der Waals surface area contributed by atoms with Crippen LogP contribution >= 0.6 is 11.6 Å². The number of methoxy groups -OCH3 is 1. The molecular weight excluding hydrogens is 284 g/mol. The molecule has 2 nitrogen and oxygen atoms in total. The molecule has 0 aliphatic heterocycles. The van der Waals surface area contributed by atoms with Gasteiger partial charge in [0, 0.05) is 5.02 Å². The Hall–Kier alpha value is -1.80. The van der Waals surface area contributed by atoms with E-state index in [-0.39, 0.29) is 11.9 Å². The summed E-state index contributed by atoms with van der Waals surface area (Å²) in [5.41, 5.74) is 4.82. The zero-order chi connectivity index (χ0) is 14.8. The van der Waals surface area contributed by atoms with Crippen LogP contribution in [0, 0.1) is 5.92 Å². The number of hydrogen-bond donors (Lipinski definition) is 0. The first-order valence-electron chi connectivity index (χ1n) is 7.13. The second-order valence-corrected chi connectivity index (χ2v) is 5.89. The lowest BCUT2D eigenvalue weighted by Crippen LogP contribution is -2.23. The number of ether oxygens (including phenoxy) is 1. The average Bonchev–Trinajstić information content (AvgIpc) is 2.53. The molecule has 0 fully saturated rings.